The summed E-state index contributed by atoms with van der Waals surface area (Å²) in [6.45, 7) is 0. The van der Waals surface area contributed by atoms with E-state index < -0.39 is 0 Å². The van der Waals surface area contributed by atoms with Crippen molar-refractivity contribution in [2.24, 2.45) is 0 Å². The number of hydrogen-bond donors (Lipinski definition) is 0. The molecule has 222 valence electrons. The first-order valence-electron chi connectivity index (χ1n) is 16.7. The highest BCUT2D eigenvalue weighted by atomic mass is 14.2. The summed E-state index contributed by atoms with van der Waals surface area (Å²) in [5, 5.41) is 15.3. The highest BCUT2D eigenvalue weighted by molar-refractivity contribution is 6.23. The standard InChI is InChI=1S/C48H30/c1-2-14-33-28-35(26-24-31(33)12-1)47-41-19-7-9-21-43(41)48(44-22-10-8-20-42(44)47)36-27-25-34-29-46(40-18-6-5-17-39(40)45(34)30-36)38-23-11-15-32-13-3-4-16-37(32)38/h1-30H. The summed E-state index contributed by atoms with van der Waals surface area (Å²) in [6.07, 6.45) is 0. The zero-order chi connectivity index (χ0) is 31.6. The lowest BCUT2D eigenvalue weighted by Crippen LogP contribution is -1.91. The molecule has 0 N–H and O–H groups in total. The molecule has 10 aromatic rings. The predicted octanol–water partition coefficient (Wildman–Crippen LogP) is 13.6. The van der Waals surface area contributed by atoms with E-state index in [0.717, 1.165) is 0 Å². The van der Waals surface area contributed by atoms with Crippen LogP contribution in [0, 0.1) is 0 Å². The molecule has 48 heavy (non-hydrogen) atoms. The molecular formula is C48H30. The van der Waals surface area contributed by atoms with Crippen LogP contribution in [-0.2, 0) is 0 Å². The molecule has 0 aliphatic carbocycles. The van der Waals surface area contributed by atoms with E-state index in [1.165, 1.54) is 98.0 Å². The van der Waals surface area contributed by atoms with Gasteiger partial charge >= 0.3 is 0 Å². The highest BCUT2D eigenvalue weighted by Gasteiger charge is 2.18. The maximum absolute atomic E-state index is 2.43. The Bertz CT molecular complexity index is 2830. The van der Waals surface area contributed by atoms with Gasteiger partial charge in [-0.15, -0.1) is 0 Å². The van der Waals surface area contributed by atoms with Gasteiger partial charge in [-0.25, -0.2) is 0 Å². The predicted molar refractivity (Wildman–Crippen MR) is 208 cm³/mol. The number of benzene rings is 10. The molecule has 0 saturated heterocycles. The van der Waals surface area contributed by atoms with E-state index in [2.05, 4.69) is 182 Å². The molecule has 0 heterocycles. The van der Waals surface area contributed by atoms with E-state index in [4.69, 9.17) is 0 Å². The van der Waals surface area contributed by atoms with Crippen molar-refractivity contribution >= 4 is 64.6 Å². The maximum Gasteiger partial charge on any atom is -0.00261 e. The van der Waals surface area contributed by atoms with Crippen molar-refractivity contribution in [2.45, 2.75) is 0 Å². The molecule has 0 spiro atoms. The third-order valence-electron chi connectivity index (χ3n) is 10.2. The zero-order valence-corrected chi connectivity index (χ0v) is 26.3. The summed E-state index contributed by atoms with van der Waals surface area (Å²) >= 11 is 0. The third-order valence-corrected chi connectivity index (χ3v) is 10.2. The minimum Gasteiger partial charge on any atom is -0.0616 e. The van der Waals surface area contributed by atoms with Crippen molar-refractivity contribution in [1.82, 2.24) is 0 Å². The minimum atomic E-state index is 1.24. The largest absolute Gasteiger partial charge is 0.0616 e. The molecule has 0 unspecified atom stereocenters. The molecule has 0 amide bonds. The molecule has 0 heteroatoms. The van der Waals surface area contributed by atoms with Gasteiger partial charge in [-0.3, -0.25) is 0 Å². The molecule has 0 bridgehead atoms. The van der Waals surface area contributed by atoms with Gasteiger partial charge in [0.25, 0.3) is 0 Å². The molecular weight excluding hydrogens is 577 g/mol. The summed E-state index contributed by atoms with van der Waals surface area (Å²) < 4.78 is 0. The molecule has 0 saturated carbocycles. The van der Waals surface area contributed by atoms with Gasteiger partial charge in [-0.1, -0.05) is 164 Å². The van der Waals surface area contributed by atoms with Crippen LogP contribution in [0.25, 0.3) is 98.0 Å². The smallest absolute Gasteiger partial charge is 0.00261 e. The second-order valence-corrected chi connectivity index (χ2v) is 12.8. The van der Waals surface area contributed by atoms with Crippen molar-refractivity contribution < 1.29 is 0 Å². The first-order valence-corrected chi connectivity index (χ1v) is 16.7. The minimum absolute atomic E-state index is 1.24. The van der Waals surface area contributed by atoms with Crippen LogP contribution in [0.3, 0.4) is 0 Å². The fraction of sp³-hybridized carbons (Fsp3) is 0. The summed E-state index contributed by atoms with van der Waals surface area (Å²) in [6, 6.07) is 67.1. The summed E-state index contributed by atoms with van der Waals surface area (Å²) in [5.74, 6) is 0. The van der Waals surface area contributed by atoms with Crippen LogP contribution < -0.4 is 0 Å². The Kier molecular flexibility index (Phi) is 5.98. The van der Waals surface area contributed by atoms with Crippen LogP contribution in [0.1, 0.15) is 0 Å². The summed E-state index contributed by atoms with van der Waals surface area (Å²) in [5.41, 5.74) is 7.62. The Labute approximate surface area is 279 Å². The van der Waals surface area contributed by atoms with E-state index in [1.54, 1.807) is 0 Å². The normalized spacial score (nSPS) is 11.8. The Morgan fingerprint density at radius 1 is 0.208 bits per heavy atom. The van der Waals surface area contributed by atoms with E-state index in [9.17, 15) is 0 Å². The third kappa shape index (κ3) is 4.10. The van der Waals surface area contributed by atoms with E-state index in [0.29, 0.717) is 0 Å². The van der Waals surface area contributed by atoms with Gasteiger partial charge in [-0.05, 0) is 116 Å². The lowest BCUT2D eigenvalue weighted by molar-refractivity contribution is 1.68. The lowest BCUT2D eigenvalue weighted by Gasteiger charge is -2.19. The highest BCUT2D eigenvalue weighted by Crippen LogP contribution is 2.46. The molecule has 0 radical (unpaired) electrons. The SMILES string of the molecule is c1ccc2cc(-c3c4ccccc4c(-c4ccc5cc(-c6cccc7ccccc67)c6ccccc6c5c4)c4ccccc34)ccc2c1. The monoisotopic (exact) mass is 606 g/mol. The van der Waals surface area contributed by atoms with Gasteiger partial charge in [0.2, 0.25) is 0 Å². The van der Waals surface area contributed by atoms with Crippen LogP contribution >= 0.6 is 0 Å². The fourth-order valence-corrected chi connectivity index (χ4v) is 8.04. The van der Waals surface area contributed by atoms with Gasteiger partial charge in [-0.2, -0.15) is 0 Å². The second kappa shape index (κ2) is 10.7. The van der Waals surface area contributed by atoms with Crippen molar-refractivity contribution in [1.29, 1.82) is 0 Å². The first-order chi connectivity index (χ1) is 23.8. The molecule has 0 fully saturated rings. The molecule has 10 aromatic carbocycles. The van der Waals surface area contributed by atoms with Gasteiger partial charge in [0.15, 0.2) is 0 Å². The molecule has 10 rings (SSSR count). The van der Waals surface area contributed by atoms with Crippen molar-refractivity contribution in [3.05, 3.63) is 182 Å². The number of hydrogen-bond acceptors (Lipinski definition) is 0. The Morgan fingerprint density at radius 2 is 0.688 bits per heavy atom. The molecule has 0 aromatic heterocycles. The Balaban J connectivity index is 1.25. The lowest BCUT2D eigenvalue weighted by atomic mass is 9.84. The van der Waals surface area contributed by atoms with Gasteiger partial charge in [0, 0.05) is 0 Å². The zero-order valence-electron chi connectivity index (χ0n) is 26.3. The van der Waals surface area contributed by atoms with Crippen LogP contribution in [0.5, 0.6) is 0 Å². The van der Waals surface area contributed by atoms with Gasteiger partial charge < -0.3 is 0 Å². The summed E-state index contributed by atoms with van der Waals surface area (Å²) in [4.78, 5) is 0. The van der Waals surface area contributed by atoms with Crippen LogP contribution in [-0.4, -0.2) is 0 Å². The Hall–Kier alpha value is -6.24. The van der Waals surface area contributed by atoms with Crippen LogP contribution in [0.2, 0.25) is 0 Å². The fourth-order valence-electron chi connectivity index (χ4n) is 8.04. The Morgan fingerprint density at radius 3 is 1.35 bits per heavy atom. The first kappa shape index (κ1) is 26.9. The van der Waals surface area contributed by atoms with Gasteiger partial charge in [0.1, 0.15) is 0 Å². The number of fused-ring (bicyclic) bond motifs is 7. The van der Waals surface area contributed by atoms with Crippen molar-refractivity contribution in [2.75, 3.05) is 0 Å². The topological polar surface area (TPSA) is 0 Å². The van der Waals surface area contributed by atoms with Crippen molar-refractivity contribution in [3.63, 3.8) is 0 Å². The second-order valence-electron chi connectivity index (χ2n) is 12.8. The van der Waals surface area contributed by atoms with E-state index >= 15 is 0 Å². The van der Waals surface area contributed by atoms with Crippen LogP contribution in [0.4, 0.5) is 0 Å². The average molecular weight is 607 g/mol. The number of rotatable bonds is 3. The molecule has 0 nitrogen and oxygen atoms in total. The van der Waals surface area contributed by atoms with E-state index in [-0.39, 0.29) is 0 Å². The molecule has 0 aliphatic rings. The maximum atomic E-state index is 2.43. The average Bonchev–Trinajstić information content (AvgIpc) is 3.16. The summed E-state index contributed by atoms with van der Waals surface area (Å²) in [7, 11) is 0. The van der Waals surface area contributed by atoms with Gasteiger partial charge in [0.05, 0.1) is 0 Å². The quantitative estimate of drug-likeness (QED) is 0.139. The van der Waals surface area contributed by atoms with Crippen LogP contribution in [0.15, 0.2) is 182 Å². The molecule has 0 aliphatic heterocycles. The van der Waals surface area contributed by atoms with E-state index in [1.807, 2.05) is 0 Å². The molecule has 0 atom stereocenters. The van der Waals surface area contributed by atoms with Crippen molar-refractivity contribution in [3.8, 4) is 33.4 Å².